The summed E-state index contributed by atoms with van der Waals surface area (Å²) in [6.45, 7) is 2.01. The van der Waals surface area contributed by atoms with Crippen molar-refractivity contribution >= 4 is 34.0 Å². The Morgan fingerprint density at radius 1 is 1.15 bits per heavy atom. The molecule has 0 fully saturated rings. The van der Waals surface area contributed by atoms with Crippen LogP contribution in [0.3, 0.4) is 0 Å². The molecule has 3 aromatic rings. The summed E-state index contributed by atoms with van der Waals surface area (Å²) in [5.74, 6) is 0.792. The molecule has 27 heavy (non-hydrogen) atoms. The molecular formula is C21H21ClN2O2S. The Morgan fingerprint density at radius 2 is 1.85 bits per heavy atom. The summed E-state index contributed by atoms with van der Waals surface area (Å²) in [5.41, 5.74) is 3.07. The van der Waals surface area contributed by atoms with Crippen LogP contribution in [0.1, 0.15) is 23.3 Å². The maximum absolute atomic E-state index is 12.2. The Kier molecular flexibility index (Phi) is 6.48. The van der Waals surface area contributed by atoms with Crippen molar-refractivity contribution in [2.75, 3.05) is 12.4 Å². The average molecular weight is 401 g/mol. The molecule has 0 radical (unpaired) electrons. The molecule has 140 valence electrons. The maximum atomic E-state index is 12.2. The number of nitrogens with one attached hydrogen (secondary N) is 1. The first kappa shape index (κ1) is 19.4. The van der Waals surface area contributed by atoms with Gasteiger partial charge in [-0.25, -0.2) is 4.98 Å². The van der Waals surface area contributed by atoms with E-state index in [1.165, 1.54) is 16.9 Å². The number of ether oxygens (including phenoxy) is 1. The minimum atomic E-state index is -0.0148. The van der Waals surface area contributed by atoms with Crippen LogP contribution in [0, 0.1) is 6.92 Å². The number of hydrogen-bond acceptors (Lipinski definition) is 4. The van der Waals surface area contributed by atoms with Crippen molar-refractivity contribution in [2.24, 2.45) is 0 Å². The number of aromatic nitrogens is 1. The zero-order valence-corrected chi connectivity index (χ0v) is 16.9. The van der Waals surface area contributed by atoms with Crippen LogP contribution in [0.5, 0.6) is 5.75 Å². The molecule has 2 aromatic carbocycles. The second kappa shape index (κ2) is 9.02. The highest BCUT2D eigenvalue weighted by atomic mass is 35.5. The maximum Gasteiger partial charge on any atom is 0.226 e. The number of nitrogens with zero attached hydrogens (tertiary/aromatic N) is 1. The van der Waals surface area contributed by atoms with Gasteiger partial charge in [0.1, 0.15) is 5.75 Å². The Balaban J connectivity index is 1.55. The minimum Gasteiger partial charge on any atom is -0.497 e. The average Bonchev–Trinajstić information content (AvgIpc) is 3.03. The standard InChI is InChI=1S/C21H21ClN2O2S/c1-14-20(16-8-12-18(26-2)13-9-16)24-21(27-14)23-19(25)5-3-4-15-6-10-17(22)11-7-15/h6-13H,3-5H2,1-2H3,(H,23,24,25). The summed E-state index contributed by atoms with van der Waals surface area (Å²) in [7, 11) is 1.64. The molecule has 0 aliphatic heterocycles. The van der Waals surface area contributed by atoms with E-state index < -0.39 is 0 Å². The van der Waals surface area contributed by atoms with Gasteiger partial charge in [0.05, 0.1) is 12.8 Å². The molecule has 1 aromatic heterocycles. The van der Waals surface area contributed by atoms with E-state index in [0.717, 1.165) is 39.7 Å². The number of carbonyl (C=O) groups excluding carboxylic acids is 1. The lowest BCUT2D eigenvalue weighted by Crippen LogP contribution is -2.11. The van der Waals surface area contributed by atoms with Gasteiger partial charge in [0.25, 0.3) is 0 Å². The zero-order chi connectivity index (χ0) is 19.2. The molecule has 0 aliphatic carbocycles. The second-order valence-electron chi connectivity index (χ2n) is 6.18. The summed E-state index contributed by atoms with van der Waals surface area (Å²) in [6, 6.07) is 15.5. The number of aryl methyl sites for hydroxylation is 2. The van der Waals surface area contributed by atoms with Crippen LogP contribution in [-0.4, -0.2) is 18.0 Å². The highest BCUT2D eigenvalue weighted by molar-refractivity contribution is 7.16. The van der Waals surface area contributed by atoms with E-state index >= 15 is 0 Å². The van der Waals surface area contributed by atoms with Crippen LogP contribution in [0.2, 0.25) is 5.02 Å². The molecule has 0 unspecified atom stereocenters. The van der Waals surface area contributed by atoms with Gasteiger partial charge >= 0.3 is 0 Å². The molecule has 3 rings (SSSR count). The largest absolute Gasteiger partial charge is 0.497 e. The third-order valence-corrected chi connectivity index (χ3v) is 5.33. The van der Waals surface area contributed by atoms with Gasteiger partial charge in [0.2, 0.25) is 5.91 Å². The normalized spacial score (nSPS) is 10.6. The number of anilines is 1. The molecule has 0 atom stereocenters. The van der Waals surface area contributed by atoms with E-state index in [-0.39, 0.29) is 5.91 Å². The van der Waals surface area contributed by atoms with Gasteiger partial charge in [0.15, 0.2) is 5.13 Å². The van der Waals surface area contributed by atoms with Crippen molar-refractivity contribution in [1.29, 1.82) is 0 Å². The van der Waals surface area contributed by atoms with Gasteiger partial charge in [-0.05, 0) is 61.7 Å². The lowest BCUT2D eigenvalue weighted by Gasteiger charge is -2.03. The molecule has 4 nitrogen and oxygen atoms in total. The third-order valence-electron chi connectivity index (χ3n) is 4.19. The van der Waals surface area contributed by atoms with E-state index in [0.29, 0.717) is 11.6 Å². The predicted octanol–water partition coefficient (Wildman–Crippen LogP) is 5.74. The number of amides is 1. The van der Waals surface area contributed by atoms with Crippen LogP contribution in [0.15, 0.2) is 48.5 Å². The SMILES string of the molecule is COc1ccc(-c2nc(NC(=O)CCCc3ccc(Cl)cc3)sc2C)cc1. The highest BCUT2D eigenvalue weighted by Crippen LogP contribution is 2.31. The summed E-state index contributed by atoms with van der Waals surface area (Å²) in [5, 5.41) is 4.27. The summed E-state index contributed by atoms with van der Waals surface area (Å²) >= 11 is 7.37. The Hall–Kier alpha value is -2.37. The Bertz CT molecular complexity index is 905. The van der Waals surface area contributed by atoms with Crippen molar-refractivity contribution in [2.45, 2.75) is 26.2 Å². The number of carbonyl (C=O) groups is 1. The number of benzene rings is 2. The first-order valence-corrected chi connectivity index (χ1v) is 9.91. The van der Waals surface area contributed by atoms with Crippen LogP contribution in [0.4, 0.5) is 5.13 Å². The fourth-order valence-electron chi connectivity index (χ4n) is 2.75. The first-order chi connectivity index (χ1) is 13.0. The highest BCUT2D eigenvalue weighted by Gasteiger charge is 2.12. The van der Waals surface area contributed by atoms with E-state index in [1.54, 1.807) is 7.11 Å². The van der Waals surface area contributed by atoms with E-state index in [4.69, 9.17) is 16.3 Å². The molecule has 1 amide bonds. The number of thiazole rings is 1. The molecule has 0 spiro atoms. The van der Waals surface area contributed by atoms with Crippen molar-refractivity contribution in [3.05, 3.63) is 64.0 Å². The molecule has 0 aliphatic rings. The summed E-state index contributed by atoms with van der Waals surface area (Å²) in [4.78, 5) is 17.9. The van der Waals surface area contributed by atoms with Crippen molar-refractivity contribution in [3.8, 4) is 17.0 Å². The summed E-state index contributed by atoms with van der Waals surface area (Å²) < 4.78 is 5.19. The molecule has 6 heteroatoms. The second-order valence-corrected chi connectivity index (χ2v) is 7.82. The monoisotopic (exact) mass is 400 g/mol. The Labute approximate surface area is 168 Å². The van der Waals surface area contributed by atoms with Crippen molar-refractivity contribution < 1.29 is 9.53 Å². The van der Waals surface area contributed by atoms with Crippen LogP contribution in [-0.2, 0) is 11.2 Å². The van der Waals surface area contributed by atoms with Gasteiger partial charge in [-0.15, -0.1) is 11.3 Å². The number of rotatable bonds is 7. The van der Waals surface area contributed by atoms with Gasteiger partial charge in [-0.3, -0.25) is 4.79 Å². The number of methoxy groups -OCH3 is 1. The number of hydrogen-bond donors (Lipinski definition) is 1. The quantitative estimate of drug-likeness (QED) is 0.550. The van der Waals surface area contributed by atoms with Gasteiger partial charge in [0, 0.05) is 21.9 Å². The smallest absolute Gasteiger partial charge is 0.226 e. The van der Waals surface area contributed by atoms with Crippen LogP contribution < -0.4 is 10.1 Å². The first-order valence-electron chi connectivity index (χ1n) is 8.71. The predicted molar refractivity (Wildman–Crippen MR) is 112 cm³/mol. The summed E-state index contributed by atoms with van der Waals surface area (Å²) in [6.07, 6.45) is 2.08. The molecule has 0 saturated carbocycles. The van der Waals surface area contributed by atoms with Crippen molar-refractivity contribution in [1.82, 2.24) is 4.98 Å². The molecular weight excluding hydrogens is 380 g/mol. The molecule has 1 N–H and O–H groups in total. The van der Waals surface area contributed by atoms with Gasteiger partial charge < -0.3 is 10.1 Å². The lowest BCUT2D eigenvalue weighted by molar-refractivity contribution is -0.116. The molecule has 0 saturated heterocycles. The van der Waals surface area contributed by atoms with Crippen molar-refractivity contribution in [3.63, 3.8) is 0 Å². The lowest BCUT2D eigenvalue weighted by atomic mass is 10.1. The minimum absolute atomic E-state index is 0.0148. The topological polar surface area (TPSA) is 51.2 Å². The fraction of sp³-hybridized carbons (Fsp3) is 0.238. The van der Waals surface area contributed by atoms with E-state index in [9.17, 15) is 4.79 Å². The van der Waals surface area contributed by atoms with Gasteiger partial charge in [-0.2, -0.15) is 0 Å². The molecule has 0 bridgehead atoms. The van der Waals surface area contributed by atoms with E-state index in [2.05, 4.69) is 10.3 Å². The number of halogens is 1. The van der Waals surface area contributed by atoms with Gasteiger partial charge in [-0.1, -0.05) is 23.7 Å². The zero-order valence-electron chi connectivity index (χ0n) is 15.3. The van der Waals surface area contributed by atoms with Crippen LogP contribution in [0.25, 0.3) is 11.3 Å². The molecule has 1 heterocycles. The van der Waals surface area contributed by atoms with Crippen LogP contribution >= 0.6 is 22.9 Å². The third kappa shape index (κ3) is 5.31. The van der Waals surface area contributed by atoms with E-state index in [1.807, 2.05) is 55.5 Å². The fourth-order valence-corrected chi connectivity index (χ4v) is 3.73. The Morgan fingerprint density at radius 3 is 2.52 bits per heavy atom.